The van der Waals surface area contributed by atoms with E-state index in [-0.39, 0.29) is 23.4 Å². The molecular weight excluding hydrogens is 346 g/mol. The number of alkyl halides is 2. The van der Waals surface area contributed by atoms with Crippen molar-refractivity contribution in [1.29, 1.82) is 0 Å². The van der Waals surface area contributed by atoms with E-state index in [1.54, 1.807) is 30.4 Å². The molecule has 1 aliphatic heterocycles. The summed E-state index contributed by atoms with van der Waals surface area (Å²) >= 11 is 0. The maximum atomic E-state index is 12.7. The van der Waals surface area contributed by atoms with Crippen molar-refractivity contribution < 1.29 is 22.8 Å². The van der Waals surface area contributed by atoms with Crippen LogP contribution in [0.5, 0.6) is 11.5 Å². The second-order valence-corrected chi connectivity index (χ2v) is 5.78. The second-order valence-electron chi connectivity index (χ2n) is 5.78. The second kappa shape index (κ2) is 8.24. The molecule has 1 aliphatic rings. The zero-order chi connectivity index (χ0) is 18.5. The highest BCUT2D eigenvalue weighted by atomic mass is 19.3. The normalized spacial score (nSPS) is 18.6. The van der Waals surface area contributed by atoms with Crippen molar-refractivity contribution in [3.63, 3.8) is 0 Å². The van der Waals surface area contributed by atoms with Crippen LogP contribution in [0.3, 0.4) is 0 Å². The molecule has 1 fully saturated rings. The number of likely N-dealkylation sites (N-methyl/N-ethyl adjacent to an activating group) is 1. The number of halogens is 2. The lowest BCUT2D eigenvalue weighted by Crippen LogP contribution is -2.44. The van der Waals surface area contributed by atoms with Gasteiger partial charge >= 0.3 is 6.61 Å². The van der Waals surface area contributed by atoms with Crippen molar-refractivity contribution in [2.45, 2.75) is 12.7 Å². The fraction of sp³-hybridized carbons (Fsp3) is 0.412. The number of aromatic nitrogens is 2. The van der Waals surface area contributed by atoms with E-state index in [0.717, 1.165) is 19.6 Å². The van der Waals surface area contributed by atoms with Crippen molar-refractivity contribution in [2.24, 2.45) is 0 Å². The van der Waals surface area contributed by atoms with Crippen molar-refractivity contribution >= 4 is 12.2 Å². The highest BCUT2D eigenvalue weighted by Gasteiger charge is 2.24. The molecule has 0 bridgehead atoms. The van der Waals surface area contributed by atoms with Gasteiger partial charge < -0.3 is 19.3 Å². The zero-order valence-electron chi connectivity index (χ0n) is 14.5. The van der Waals surface area contributed by atoms with Crippen LogP contribution in [0.4, 0.5) is 8.78 Å². The first-order valence-electron chi connectivity index (χ1n) is 8.13. The topological polar surface area (TPSA) is 72.7 Å². The molecule has 0 saturated carbocycles. The summed E-state index contributed by atoms with van der Waals surface area (Å²) in [5.41, 5.74) is 0.417. The first-order chi connectivity index (χ1) is 12.6. The number of nitrogens with zero attached hydrogens (tertiary/aromatic N) is 3. The van der Waals surface area contributed by atoms with Crippen molar-refractivity contribution in [1.82, 2.24) is 20.4 Å². The first-order valence-corrected chi connectivity index (χ1v) is 8.13. The minimum absolute atomic E-state index is 0.0317. The van der Waals surface area contributed by atoms with Gasteiger partial charge in [-0.1, -0.05) is 17.3 Å². The molecule has 9 heteroatoms. The summed E-state index contributed by atoms with van der Waals surface area (Å²) in [7, 11) is 3.39. The molecule has 1 unspecified atom stereocenters. The molecule has 1 atom stereocenters. The third-order valence-electron chi connectivity index (χ3n) is 4.11. The molecule has 7 nitrogen and oxygen atoms in total. The minimum Gasteiger partial charge on any atom is -0.493 e. The Morgan fingerprint density at radius 2 is 2.23 bits per heavy atom. The fourth-order valence-corrected chi connectivity index (χ4v) is 2.75. The Bertz CT molecular complexity index is 766. The predicted octanol–water partition coefficient (Wildman–Crippen LogP) is 2.43. The maximum Gasteiger partial charge on any atom is 0.387 e. The van der Waals surface area contributed by atoms with E-state index in [1.165, 1.54) is 7.11 Å². The molecule has 140 valence electrons. The number of para-hydroxylation sites is 1. The van der Waals surface area contributed by atoms with E-state index in [9.17, 15) is 8.78 Å². The molecular formula is C17H20F2N4O3. The Kier molecular flexibility index (Phi) is 5.79. The molecule has 2 aromatic rings. The van der Waals surface area contributed by atoms with Gasteiger partial charge in [-0.15, -0.1) is 0 Å². The van der Waals surface area contributed by atoms with Crippen molar-refractivity contribution in [3.05, 3.63) is 35.5 Å². The number of hydrogen-bond donors (Lipinski definition) is 1. The van der Waals surface area contributed by atoms with Crippen LogP contribution >= 0.6 is 0 Å². The largest absolute Gasteiger partial charge is 0.493 e. The Labute approximate surface area is 149 Å². The number of piperazine rings is 1. The highest BCUT2D eigenvalue weighted by Crippen LogP contribution is 2.33. The maximum absolute atomic E-state index is 12.7. The molecule has 26 heavy (non-hydrogen) atoms. The van der Waals surface area contributed by atoms with Crippen LogP contribution in [0.2, 0.25) is 0 Å². The van der Waals surface area contributed by atoms with E-state index in [2.05, 4.69) is 25.1 Å². The van der Waals surface area contributed by atoms with Crippen LogP contribution < -0.4 is 14.8 Å². The average Bonchev–Trinajstić information content (AvgIpc) is 3.09. The number of benzene rings is 1. The van der Waals surface area contributed by atoms with Crippen LogP contribution in [0, 0.1) is 0 Å². The van der Waals surface area contributed by atoms with Crippen molar-refractivity contribution in [3.8, 4) is 11.5 Å². The molecule has 0 aliphatic carbocycles. The summed E-state index contributed by atoms with van der Waals surface area (Å²) in [6.45, 7) is -0.410. The first kappa shape index (κ1) is 18.3. The fourth-order valence-electron chi connectivity index (χ4n) is 2.75. The Morgan fingerprint density at radius 3 is 2.96 bits per heavy atom. The molecule has 0 spiro atoms. The van der Waals surface area contributed by atoms with Crippen LogP contribution in [-0.4, -0.2) is 55.4 Å². The summed E-state index contributed by atoms with van der Waals surface area (Å²) in [6.07, 6.45) is 3.13. The van der Waals surface area contributed by atoms with Gasteiger partial charge in [0.25, 0.3) is 5.89 Å². The summed E-state index contributed by atoms with van der Waals surface area (Å²) in [4.78, 5) is 6.51. The van der Waals surface area contributed by atoms with E-state index >= 15 is 0 Å². The number of rotatable bonds is 6. The number of ether oxygens (including phenoxy) is 2. The smallest absolute Gasteiger partial charge is 0.387 e. The summed E-state index contributed by atoms with van der Waals surface area (Å²) in [5.74, 6) is 1.03. The summed E-state index contributed by atoms with van der Waals surface area (Å²) in [6, 6.07) is 4.89. The van der Waals surface area contributed by atoms with Gasteiger partial charge in [-0.25, -0.2) is 0 Å². The zero-order valence-corrected chi connectivity index (χ0v) is 14.5. The monoisotopic (exact) mass is 366 g/mol. The third kappa shape index (κ3) is 4.17. The van der Waals surface area contributed by atoms with E-state index < -0.39 is 6.61 Å². The molecule has 1 aromatic heterocycles. The molecule has 1 saturated heterocycles. The molecule has 0 amide bonds. The standard InChI is InChI=1S/C17H20F2N4O3/c1-23-9-8-20-10-12(23)16-21-14(26-22-16)7-6-11-4-3-5-13(24-2)15(11)25-17(18)19/h3-7,12,17,20H,8-10H2,1-2H3/b7-6+. The van der Waals surface area contributed by atoms with Gasteiger partial charge in [0.15, 0.2) is 17.3 Å². The van der Waals surface area contributed by atoms with Crippen LogP contribution in [0.15, 0.2) is 22.7 Å². The highest BCUT2D eigenvalue weighted by molar-refractivity contribution is 5.72. The van der Waals surface area contributed by atoms with Gasteiger partial charge in [0.2, 0.25) is 0 Å². The molecule has 1 aromatic carbocycles. The lowest BCUT2D eigenvalue weighted by Gasteiger charge is -2.30. The summed E-state index contributed by atoms with van der Waals surface area (Å²) < 4.78 is 40.2. The lowest BCUT2D eigenvalue weighted by atomic mass is 10.1. The van der Waals surface area contributed by atoms with Crippen LogP contribution in [0.25, 0.3) is 12.2 Å². The van der Waals surface area contributed by atoms with Gasteiger partial charge in [-0.05, 0) is 19.2 Å². The number of nitrogens with one attached hydrogen (secondary N) is 1. The van der Waals surface area contributed by atoms with Gasteiger partial charge in [-0.2, -0.15) is 13.8 Å². The summed E-state index contributed by atoms with van der Waals surface area (Å²) in [5, 5.41) is 7.30. The van der Waals surface area contributed by atoms with Gasteiger partial charge in [0.1, 0.15) is 0 Å². The number of methoxy groups -OCH3 is 1. The third-order valence-corrected chi connectivity index (χ3v) is 4.11. The predicted molar refractivity (Wildman–Crippen MR) is 91.1 cm³/mol. The van der Waals surface area contributed by atoms with Crippen molar-refractivity contribution in [2.75, 3.05) is 33.8 Å². The minimum atomic E-state index is -2.96. The molecule has 1 N–H and O–H groups in total. The Balaban J connectivity index is 1.80. The lowest BCUT2D eigenvalue weighted by molar-refractivity contribution is -0.0513. The molecule has 2 heterocycles. The van der Waals surface area contributed by atoms with Crippen LogP contribution in [0.1, 0.15) is 23.3 Å². The number of hydrogen-bond acceptors (Lipinski definition) is 7. The van der Waals surface area contributed by atoms with Gasteiger partial charge in [-0.3, -0.25) is 4.90 Å². The molecule has 0 radical (unpaired) electrons. The van der Waals surface area contributed by atoms with E-state index in [0.29, 0.717) is 11.4 Å². The van der Waals surface area contributed by atoms with Crippen LogP contribution in [-0.2, 0) is 0 Å². The molecule has 3 rings (SSSR count). The van der Waals surface area contributed by atoms with Gasteiger partial charge in [0, 0.05) is 31.3 Å². The average molecular weight is 366 g/mol. The van der Waals surface area contributed by atoms with E-state index in [4.69, 9.17) is 9.26 Å². The Hall–Kier alpha value is -2.52. The van der Waals surface area contributed by atoms with Gasteiger partial charge in [0.05, 0.1) is 13.2 Å². The van der Waals surface area contributed by atoms with E-state index in [1.807, 2.05) is 7.05 Å². The quantitative estimate of drug-likeness (QED) is 0.842. The SMILES string of the molecule is COc1cccc(/C=C/c2nc(C3CNCCN3C)no2)c1OC(F)F. The Morgan fingerprint density at radius 1 is 1.38 bits per heavy atom.